The van der Waals surface area contributed by atoms with Crippen LogP contribution in [0.4, 0.5) is 0 Å². The van der Waals surface area contributed by atoms with Gasteiger partial charge in [-0.3, -0.25) is 9.89 Å². The van der Waals surface area contributed by atoms with Crippen molar-refractivity contribution in [2.24, 2.45) is 0 Å². The number of morpholine rings is 1. The zero-order valence-electron chi connectivity index (χ0n) is 10.9. The van der Waals surface area contributed by atoms with E-state index in [9.17, 15) is 4.79 Å². The SMILES string of the molecule is Cc1nc2cc(C3COCCN3)[nH]n2c(=O)c1C.Cl. The molecule has 0 saturated carbocycles. The molecule has 6 nitrogen and oxygen atoms in total. The fourth-order valence-corrected chi connectivity index (χ4v) is 2.18. The van der Waals surface area contributed by atoms with Crippen molar-refractivity contribution >= 4 is 18.1 Å². The molecule has 3 heterocycles. The molecule has 2 aromatic rings. The summed E-state index contributed by atoms with van der Waals surface area (Å²) in [5.41, 5.74) is 3.00. The Labute approximate surface area is 116 Å². The number of halogens is 1. The number of fused-ring (bicyclic) bond motifs is 1. The van der Waals surface area contributed by atoms with Crippen molar-refractivity contribution in [2.45, 2.75) is 19.9 Å². The van der Waals surface area contributed by atoms with E-state index < -0.39 is 0 Å². The first-order chi connectivity index (χ1) is 8.66. The smallest absolute Gasteiger partial charge is 0.275 e. The number of rotatable bonds is 1. The van der Waals surface area contributed by atoms with Gasteiger partial charge >= 0.3 is 0 Å². The predicted molar refractivity (Wildman–Crippen MR) is 74.1 cm³/mol. The van der Waals surface area contributed by atoms with Crippen LogP contribution in [0.2, 0.25) is 0 Å². The van der Waals surface area contributed by atoms with Crippen molar-refractivity contribution in [1.82, 2.24) is 19.9 Å². The molecule has 2 N–H and O–H groups in total. The average molecular weight is 285 g/mol. The molecule has 1 fully saturated rings. The quantitative estimate of drug-likeness (QED) is 0.810. The summed E-state index contributed by atoms with van der Waals surface area (Å²) in [5, 5.41) is 6.45. The second kappa shape index (κ2) is 5.32. The molecule has 2 aromatic heterocycles. The third kappa shape index (κ3) is 2.39. The lowest BCUT2D eigenvalue weighted by molar-refractivity contribution is 0.0755. The van der Waals surface area contributed by atoms with Crippen molar-refractivity contribution < 1.29 is 4.74 Å². The van der Waals surface area contributed by atoms with E-state index in [1.165, 1.54) is 4.52 Å². The zero-order valence-corrected chi connectivity index (χ0v) is 11.7. The van der Waals surface area contributed by atoms with E-state index in [0.717, 1.165) is 24.5 Å². The molecule has 3 rings (SSSR count). The number of nitrogens with one attached hydrogen (secondary N) is 2. The molecular formula is C12H17ClN4O2. The lowest BCUT2D eigenvalue weighted by atomic mass is 10.2. The predicted octanol–water partition coefficient (Wildman–Crippen LogP) is 0.722. The van der Waals surface area contributed by atoms with Crippen LogP contribution in [0.25, 0.3) is 5.65 Å². The number of aromatic amines is 1. The molecule has 19 heavy (non-hydrogen) atoms. The molecule has 0 amide bonds. The Balaban J connectivity index is 0.00000133. The summed E-state index contributed by atoms with van der Waals surface area (Å²) in [6.45, 7) is 5.80. The normalized spacial score (nSPS) is 19.4. The first kappa shape index (κ1) is 14.0. The molecule has 7 heteroatoms. The summed E-state index contributed by atoms with van der Waals surface area (Å²) in [5.74, 6) is 0. The second-order valence-corrected chi connectivity index (χ2v) is 4.61. The van der Waals surface area contributed by atoms with Crippen LogP contribution >= 0.6 is 12.4 Å². The number of H-pyrrole nitrogens is 1. The third-order valence-electron chi connectivity index (χ3n) is 3.40. The van der Waals surface area contributed by atoms with Crippen molar-refractivity contribution in [2.75, 3.05) is 19.8 Å². The largest absolute Gasteiger partial charge is 0.378 e. The number of hydrogen-bond acceptors (Lipinski definition) is 4. The highest BCUT2D eigenvalue weighted by Crippen LogP contribution is 2.15. The Hall–Kier alpha value is -1.37. The van der Waals surface area contributed by atoms with E-state index in [0.29, 0.717) is 17.8 Å². The molecule has 0 radical (unpaired) electrons. The second-order valence-electron chi connectivity index (χ2n) is 4.61. The molecule has 0 aliphatic carbocycles. The van der Waals surface area contributed by atoms with Gasteiger partial charge in [-0.25, -0.2) is 9.50 Å². The summed E-state index contributed by atoms with van der Waals surface area (Å²) < 4.78 is 6.91. The fraction of sp³-hybridized carbons (Fsp3) is 0.500. The minimum absolute atomic E-state index is 0. The highest BCUT2D eigenvalue weighted by molar-refractivity contribution is 5.85. The van der Waals surface area contributed by atoms with E-state index in [1.54, 1.807) is 6.92 Å². The maximum atomic E-state index is 12.1. The van der Waals surface area contributed by atoms with Crippen LogP contribution in [0.15, 0.2) is 10.9 Å². The van der Waals surface area contributed by atoms with Gasteiger partial charge in [0.1, 0.15) is 0 Å². The van der Waals surface area contributed by atoms with E-state index in [1.807, 2.05) is 13.0 Å². The van der Waals surface area contributed by atoms with Gasteiger partial charge in [-0.2, -0.15) is 0 Å². The van der Waals surface area contributed by atoms with Gasteiger partial charge in [0, 0.05) is 23.9 Å². The van der Waals surface area contributed by atoms with E-state index in [2.05, 4.69) is 15.4 Å². The minimum Gasteiger partial charge on any atom is -0.378 e. The molecule has 1 atom stereocenters. The highest BCUT2D eigenvalue weighted by Gasteiger charge is 2.18. The van der Waals surface area contributed by atoms with E-state index in [4.69, 9.17) is 4.74 Å². The average Bonchev–Trinajstić information content (AvgIpc) is 2.81. The molecule has 1 unspecified atom stereocenters. The van der Waals surface area contributed by atoms with Crippen LogP contribution < -0.4 is 10.9 Å². The topological polar surface area (TPSA) is 71.4 Å². The summed E-state index contributed by atoms with van der Waals surface area (Å²) >= 11 is 0. The summed E-state index contributed by atoms with van der Waals surface area (Å²) in [4.78, 5) is 16.5. The number of hydrogen-bond donors (Lipinski definition) is 2. The molecule has 1 saturated heterocycles. The molecule has 0 aromatic carbocycles. The van der Waals surface area contributed by atoms with E-state index in [-0.39, 0.29) is 24.0 Å². The van der Waals surface area contributed by atoms with Crippen LogP contribution in [0.1, 0.15) is 23.0 Å². The standard InChI is InChI=1S/C12H16N4O2.ClH/c1-7-8(2)14-11-5-9(15-16(11)12(7)17)10-6-18-4-3-13-10;/h5,10,13,15H,3-4,6H2,1-2H3;1H. The molecule has 1 aliphatic heterocycles. The van der Waals surface area contributed by atoms with Crippen molar-refractivity contribution in [3.63, 3.8) is 0 Å². The van der Waals surface area contributed by atoms with Gasteiger partial charge in [-0.05, 0) is 13.8 Å². The third-order valence-corrected chi connectivity index (χ3v) is 3.40. The molecule has 1 aliphatic rings. The lowest BCUT2D eigenvalue weighted by Gasteiger charge is -2.22. The van der Waals surface area contributed by atoms with Gasteiger partial charge in [0.25, 0.3) is 5.56 Å². The Bertz CT molecular complexity index is 643. The van der Waals surface area contributed by atoms with Crippen molar-refractivity contribution in [1.29, 1.82) is 0 Å². The van der Waals surface area contributed by atoms with Gasteiger partial charge in [0.2, 0.25) is 0 Å². The molecular weight excluding hydrogens is 268 g/mol. The Morgan fingerprint density at radius 1 is 1.47 bits per heavy atom. The van der Waals surface area contributed by atoms with Crippen LogP contribution in [-0.4, -0.2) is 34.4 Å². The molecule has 104 valence electrons. The monoisotopic (exact) mass is 284 g/mol. The van der Waals surface area contributed by atoms with Crippen LogP contribution in [-0.2, 0) is 4.74 Å². The zero-order chi connectivity index (χ0) is 12.7. The Morgan fingerprint density at radius 3 is 2.95 bits per heavy atom. The first-order valence-electron chi connectivity index (χ1n) is 6.07. The summed E-state index contributed by atoms with van der Waals surface area (Å²) in [6.07, 6.45) is 0. The summed E-state index contributed by atoms with van der Waals surface area (Å²) in [7, 11) is 0. The van der Waals surface area contributed by atoms with Gasteiger partial charge in [0.05, 0.1) is 24.9 Å². The van der Waals surface area contributed by atoms with Gasteiger partial charge in [0.15, 0.2) is 5.65 Å². The maximum absolute atomic E-state index is 12.1. The number of ether oxygens (including phenoxy) is 1. The number of nitrogens with zero attached hydrogens (tertiary/aromatic N) is 2. The van der Waals surface area contributed by atoms with Crippen LogP contribution in [0.5, 0.6) is 0 Å². The minimum atomic E-state index is -0.0412. The highest BCUT2D eigenvalue weighted by atomic mass is 35.5. The van der Waals surface area contributed by atoms with Gasteiger partial charge < -0.3 is 10.1 Å². The Kier molecular flexibility index (Phi) is 3.93. The van der Waals surface area contributed by atoms with E-state index >= 15 is 0 Å². The fourth-order valence-electron chi connectivity index (χ4n) is 2.18. The molecule has 0 bridgehead atoms. The summed E-state index contributed by atoms with van der Waals surface area (Å²) in [6, 6.07) is 2.00. The van der Waals surface area contributed by atoms with Gasteiger partial charge in [-0.1, -0.05) is 0 Å². The van der Waals surface area contributed by atoms with Crippen LogP contribution in [0, 0.1) is 13.8 Å². The van der Waals surface area contributed by atoms with Crippen molar-refractivity contribution in [3.05, 3.63) is 33.4 Å². The first-order valence-corrected chi connectivity index (χ1v) is 6.07. The van der Waals surface area contributed by atoms with Crippen molar-refractivity contribution in [3.8, 4) is 0 Å². The van der Waals surface area contributed by atoms with Gasteiger partial charge in [-0.15, -0.1) is 12.4 Å². The maximum Gasteiger partial charge on any atom is 0.275 e. The number of aromatic nitrogens is 3. The van der Waals surface area contributed by atoms with Crippen LogP contribution in [0.3, 0.4) is 0 Å². The Morgan fingerprint density at radius 2 is 2.26 bits per heavy atom. The molecule has 0 spiro atoms. The number of aryl methyl sites for hydroxylation is 1. The lowest BCUT2D eigenvalue weighted by Crippen LogP contribution is -2.34.